The van der Waals surface area contributed by atoms with Gasteiger partial charge in [-0.25, -0.2) is 9.78 Å². The van der Waals surface area contributed by atoms with Crippen molar-refractivity contribution in [3.8, 4) is 0 Å². The third-order valence-electron chi connectivity index (χ3n) is 2.12. The number of aromatic nitrogens is 1. The Morgan fingerprint density at radius 2 is 2.43 bits per heavy atom. The predicted octanol–water partition coefficient (Wildman–Crippen LogP) is 0.523. The van der Waals surface area contributed by atoms with Crippen molar-refractivity contribution < 1.29 is 19.1 Å². The number of nitrogens with zero attached hydrogens (tertiary/aromatic N) is 2. The summed E-state index contributed by atoms with van der Waals surface area (Å²) in [5, 5.41) is 8.72. The number of carboxylic acid groups (broad SMARTS) is 1. The fourth-order valence-corrected chi connectivity index (χ4v) is 1.43. The Morgan fingerprint density at radius 3 is 3.07 bits per heavy atom. The molecule has 14 heavy (non-hydrogen) atoms. The SMILES string of the molecule is O=Cc1nc2c(o1)CN(C(=O)O)CC2. The van der Waals surface area contributed by atoms with E-state index < -0.39 is 6.09 Å². The Balaban J connectivity index is 2.25. The van der Waals surface area contributed by atoms with E-state index in [1.165, 1.54) is 4.90 Å². The fraction of sp³-hybridized carbons (Fsp3) is 0.375. The highest BCUT2D eigenvalue weighted by atomic mass is 16.4. The van der Waals surface area contributed by atoms with E-state index in [0.29, 0.717) is 30.7 Å². The lowest BCUT2D eigenvalue weighted by Gasteiger charge is -2.21. The lowest BCUT2D eigenvalue weighted by atomic mass is 10.2. The van der Waals surface area contributed by atoms with Crippen LogP contribution in [-0.4, -0.2) is 33.9 Å². The van der Waals surface area contributed by atoms with E-state index in [2.05, 4.69) is 4.98 Å². The number of rotatable bonds is 1. The minimum atomic E-state index is -0.986. The maximum atomic E-state index is 10.6. The Labute approximate surface area is 79.1 Å². The van der Waals surface area contributed by atoms with E-state index >= 15 is 0 Å². The zero-order valence-corrected chi connectivity index (χ0v) is 7.27. The minimum absolute atomic E-state index is 0.0160. The van der Waals surface area contributed by atoms with E-state index in [0.717, 1.165) is 0 Å². The summed E-state index contributed by atoms with van der Waals surface area (Å²) < 4.78 is 5.05. The molecule has 0 aliphatic carbocycles. The molecule has 1 aliphatic heterocycles. The molecule has 0 atom stereocenters. The van der Waals surface area contributed by atoms with Crippen LogP contribution < -0.4 is 0 Å². The van der Waals surface area contributed by atoms with Crippen LogP contribution in [0.1, 0.15) is 22.1 Å². The number of hydrogen-bond donors (Lipinski definition) is 1. The molecule has 6 heteroatoms. The third kappa shape index (κ3) is 1.34. The van der Waals surface area contributed by atoms with Gasteiger partial charge in [-0.2, -0.15) is 0 Å². The van der Waals surface area contributed by atoms with Crippen LogP contribution in [0.15, 0.2) is 4.42 Å². The van der Waals surface area contributed by atoms with Crippen LogP contribution >= 0.6 is 0 Å². The van der Waals surface area contributed by atoms with Crippen molar-refractivity contribution in [3.63, 3.8) is 0 Å². The zero-order chi connectivity index (χ0) is 10.1. The van der Waals surface area contributed by atoms with Gasteiger partial charge in [0.1, 0.15) is 5.76 Å². The second-order valence-electron chi connectivity index (χ2n) is 2.99. The number of aldehydes is 1. The third-order valence-corrected chi connectivity index (χ3v) is 2.12. The number of carbonyl (C=O) groups is 2. The molecule has 0 aromatic carbocycles. The van der Waals surface area contributed by atoms with E-state index in [4.69, 9.17) is 9.52 Å². The topological polar surface area (TPSA) is 83.6 Å². The Hall–Kier alpha value is -1.85. The smallest absolute Gasteiger partial charge is 0.407 e. The van der Waals surface area contributed by atoms with Crippen molar-refractivity contribution in [2.45, 2.75) is 13.0 Å². The van der Waals surface area contributed by atoms with Gasteiger partial charge in [0.25, 0.3) is 5.89 Å². The molecule has 2 rings (SSSR count). The normalized spacial score (nSPS) is 15.0. The average molecular weight is 196 g/mol. The van der Waals surface area contributed by atoms with Crippen LogP contribution in [0.4, 0.5) is 4.79 Å². The van der Waals surface area contributed by atoms with Gasteiger partial charge in [0, 0.05) is 13.0 Å². The highest BCUT2D eigenvalue weighted by Gasteiger charge is 2.24. The lowest BCUT2D eigenvalue weighted by Crippen LogP contribution is -2.34. The largest absolute Gasteiger partial charge is 0.465 e. The molecular formula is C8H8N2O4. The fourth-order valence-electron chi connectivity index (χ4n) is 1.43. The number of amides is 1. The molecule has 0 fully saturated rings. The Morgan fingerprint density at radius 1 is 1.64 bits per heavy atom. The van der Waals surface area contributed by atoms with Crippen molar-refractivity contribution in [3.05, 3.63) is 17.3 Å². The van der Waals surface area contributed by atoms with Gasteiger partial charge in [-0.05, 0) is 0 Å². The molecule has 1 aromatic heterocycles. The molecule has 74 valence electrons. The van der Waals surface area contributed by atoms with E-state index in [-0.39, 0.29) is 12.4 Å². The summed E-state index contributed by atoms with van der Waals surface area (Å²) in [6.45, 7) is 0.568. The van der Waals surface area contributed by atoms with Crippen LogP contribution in [0, 0.1) is 0 Å². The summed E-state index contributed by atoms with van der Waals surface area (Å²) in [5.41, 5.74) is 0.685. The van der Waals surface area contributed by atoms with Crippen LogP contribution in [0.2, 0.25) is 0 Å². The summed E-state index contributed by atoms with van der Waals surface area (Å²) in [4.78, 5) is 26.1. The molecule has 0 bridgehead atoms. The van der Waals surface area contributed by atoms with Gasteiger partial charge in [-0.3, -0.25) is 4.79 Å². The van der Waals surface area contributed by atoms with Crippen LogP contribution in [0.3, 0.4) is 0 Å². The standard InChI is InChI=1S/C8H8N2O4/c11-4-7-9-5-1-2-10(8(12)13)3-6(5)14-7/h4H,1-3H2,(H,12,13). The molecule has 2 heterocycles. The van der Waals surface area contributed by atoms with Crippen LogP contribution in [0.25, 0.3) is 0 Å². The van der Waals surface area contributed by atoms with Crippen LogP contribution in [-0.2, 0) is 13.0 Å². The first-order valence-corrected chi connectivity index (χ1v) is 4.12. The predicted molar refractivity (Wildman–Crippen MR) is 44.0 cm³/mol. The first-order valence-electron chi connectivity index (χ1n) is 4.12. The molecule has 0 saturated heterocycles. The molecule has 0 saturated carbocycles. The van der Waals surface area contributed by atoms with Gasteiger partial charge in [-0.15, -0.1) is 0 Å². The monoisotopic (exact) mass is 196 g/mol. The van der Waals surface area contributed by atoms with Crippen molar-refractivity contribution in [2.24, 2.45) is 0 Å². The van der Waals surface area contributed by atoms with Gasteiger partial charge in [0.15, 0.2) is 0 Å². The van der Waals surface area contributed by atoms with Gasteiger partial charge in [0.2, 0.25) is 6.29 Å². The van der Waals surface area contributed by atoms with E-state index in [1.54, 1.807) is 0 Å². The van der Waals surface area contributed by atoms with Gasteiger partial charge >= 0.3 is 6.09 Å². The molecule has 0 unspecified atom stereocenters. The van der Waals surface area contributed by atoms with Gasteiger partial charge in [0.05, 0.1) is 12.2 Å². The number of hydrogen-bond acceptors (Lipinski definition) is 4. The molecule has 1 N–H and O–H groups in total. The summed E-state index contributed by atoms with van der Waals surface area (Å²) in [6, 6.07) is 0. The zero-order valence-electron chi connectivity index (χ0n) is 7.27. The van der Waals surface area contributed by atoms with Crippen molar-refractivity contribution in [1.82, 2.24) is 9.88 Å². The Bertz CT molecular complexity index is 385. The molecule has 6 nitrogen and oxygen atoms in total. The summed E-state index contributed by atoms with van der Waals surface area (Å²) in [5.74, 6) is 0.489. The minimum Gasteiger partial charge on any atom is -0.465 e. The molecule has 1 aromatic rings. The van der Waals surface area contributed by atoms with E-state index in [1.807, 2.05) is 0 Å². The first kappa shape index (κ1) is 8.74. The molecular weight excluding hydrogens is 188 g/mol. The molecule has 1 aliphatic rings. The average Bonchev–Trinajstić information content (AvgIpc) is 2.58. The Kier molecular flexibility index (Phi) is 1.95. The number of oxazole rings is 1. The summed E-state index contributed by atoms with van der Waals surface area (Å²) >= 11 is 0. The number of carbonyl (C=O) groups excluding carboxylic acids is 1. The van der Waals surface area contributed by atoms with Gasteiger partial charge in [-0.1, -0.05) is 0 Å². The first-order chi connectivity index (χ1) is 6.70. The van der Waals surface area contributed by atoms with Crippen molar-refractivity contribution >= 4 is 12.4 Å². The molecule has 0 spiro atoms. The maximum Gasteiger partial charge on any atom is 0.407 e. The van der Waals surface area contributed by atoms with Crippen LogP contribution in [0.5, 0.6) is 0 Å². The van der Waals surface area contributed by atoms with Gasteiger partial charge < -0.3 is 14.4 Å². The summed E-state index contributed by atoms with van der Waals surface area (Å²) in [6.07, 6.45) is 0.0299. The van der Waals surface area contributed by atoms with Crippen molar-refractivity contribution in [2.75, 3.05) is 6.54 Å². The highest BCUT2D eigenvalue weighted by Crippen LogP contribution is 2.18. The molecule has 1 amide bonds. The number of fused-ring (bicyclic) bond motifs is 1. The summed E-state index contributed by atoms with van der Waals surface area (Å²) in [7, 11) is 0. The highest BCUT2D eigenvalue weighted by molar-refractivity contribution is 5.68. The second kappa shape index (κ2) is 3.13. The maximum absolute atomic E-state index is 10.6. The second-order valence-corrected chi connectivity index (χ2v) is 2.99. The van der Waals surface area contributed by atoms with E-state index in [9.17, 15) is 9.59 Å². The molecule has 0 radical (unpaired) electrons. The van der Waals surface area contributed by atoms with Crippen molar-refractivity contribution in [1.29, 1.82) is 0 Å². The quantitative estimate of drug-likeness (QED) is 0.662. The lowest BCUT2D eigenvalue weighted by molar-refractivity contribution is 0.109.